The molecule has 0 bridgehead atoms. The number of carbonyl (C=O) groups is 2. The molecule has 0 spiro atoms. The predicted molar refractivity (Wildman–Crippen MR) is 163 cm³/mol. The summed E-state index contributed by atoms with van der Waals surface area (Å²) in [6.07, 6.45) is 5.93. The number of hydrogen-bond donors (Lipinski definition) is 2. The maximum Gasteiger partial charge on any atom is 0.407 e. The molecule has 0 aliphatic carbocycles. The van der Waals surface area contributed by atoms with Crippen molar-refractivity contribution in [3.63, 3.8) is 0 Å². The van der Waals surface area contributed by atoms with Crippen LogP contribution in [0.3, 0.4) is 0 Å². The lowest BCUT2D eigenvalue weighted by Crippen LogP contribution is -2.49. The fourth-order valence-electron chi connectivity index (χ4n) is 5.13. The zero-order valence-corrected chi connectivity index (χ0v) is 25.9. The van der Waals surface area contributed by atoms with E-state index in [9.17, 15) is 14.7 Å². The zero-order chi connectivity index (χ0) is 29.8. The second-order valence-corrected chi connectivity index (χ2v) is 17.2. The Hall–Kier alpha value is -3.56. The minimum atomic E-state index is -2.21. The molecular weight excluding hydrogens is 532 g/mol. The first-order valence-corrected chi connectivity index (χ1v) is 17.2. The number of nitrogens with zero attached hydrogens (tertiary/aromatic N) is 3. The van der Waals surface area contributed by atoms with Crippen LogP contribution >= 0.6 is 0 Å². The largest absolute Gasteiger partial charge is 0.465 e. The average molecular weight is 575 g/mol. The molecule has 0 radical (unpaired) electrons. The Morgan fingerprint density at radius 2 is 1.80 bits per heavy atom. The van der Waals surface area contributed by atoms with Crippen molar-refractivity contribution in [2.45, 2.75) is 89.2 Å². The minimum absolute atomic E-state index is 0.0217. The molecule has 0 saturated carbocycles. The van der Waals surface area contributed by atoms with Crippen molar-refractivity contribution >= 4 is 26.0 Å². The maximum atomic E-state index is 12.7. The molecule has 0 unspecified atom stereocenters. The van der Waals surface area contributed by atoms with Crippen LogP contribution < -0.4 is 5.32 Å². The normalized spacial score (nSPS) is 19.0. The fraction of sp³-hybridized carbons (Fsp3) is 0.438. The molecule has 1 saturated heterocycles. The number of anilines is 1. The van der Waals surface area contributed by atoms with Gasteiger partial charge in [-0.3, -0.25) is 19.7 Å². The van der Waals surface area contributed by atoms with Gasteiger partial charge in [0.15, 0.2) is 8.32 Å². The lowest BCUT2D eigenvalue weighted by Gasteiger charge is -2.42. The van der Waals surface area contributed by atoms with Crippen LogP contribution in [0.15, 0.2) is 73.2 Å². The third kappa shape index (κ3) is 7.21. The van der Waals surface area contributed by atoms with Crippen LogP contribution in [0.5, 0.6) is 0 Å². The molecule has 4 atom stereocenters. The highest BCUT2D eigenvalue weighted by Gasteiger charge is 2.46. The maximum absolute atomic E-state index is 12.7. The summed E-state index contributed by atoms with van der Waals surface area (Å²) in [6.45, 7) is 12.8. The van der Waals surface area contributed by atoms with Crippen molar-refractivity contribution in [3.8, 4) is 0 Å². The van der Waals surface area contributed by atoms with Gasteiger partial charge < -0.3 is 14.8 Å². The van der Waals surface area contributed by atoms with Crippen molar-refractivity contribution in [1.29, 1.82) is 0 Å². The molecule has 3 heterocycles. The molecule has 9 heteroatoms. The van der Waals surface area contributed by atoms with E-state index in [4.69, 9.17) is 4.43 Å². The predicted octanol–water partition coefficient (Wildman–Crippen LogP) is 7.04. The smallest absolute Gasteiger partial charge is 0.407 e. The number of carboxylic acid groups (broad SMARTS) is 1. The number of benzene rings is 1. The lowest BCUT2D eigenvalue weighted by molar-refractivity contribution is -0.117. The number of rotatable bonds is 9. The van der Waals surface area contributed by atoms with Crippen LogP contribution in [0.4, 0.5) is 10.5 Å². The monoisotopic (exact) mass is 574 g/mol. The molecule has 41 heavy (non-hydrogen) atoms. The first-order chi connectivity index (χ1) is 19.4. The molecule has 2 N–H and O–H groups in total. The van der Waals surface area contributed by atoms with Gasteiger partial charge in [0.1, 0.15) is 0 Å². The molecule has 2 aromatic heterocycles. The third-order valence-electron chi connectivity index (χ3n) is 8.57. The Morgan fingerprint density at radius 3 is 2.39 bits per heavy atom. The van der Waals surface area contributed by atoms with E-state index in [1.807, 2.05) is 61.5 Å². The van der Waals surface area contributed by atoms with E-state index in [2.05, 4.69) is 49.1 Å². The van der Waals surface area contributed by atoms with Gasteiger partial charge in [0.25, 0.3) is 0 Å². The number of hydrogen-bond acceptors (Lipinski definition) is 5. The number of pyridine rings is 2. The van der Waals surface area contributed by atoms with Crippen molar-refractivity contribution < 1.29 is 19.1 Å². The SMILES string of the molecule is C[C@H](C(=O)Nc1ccc(C[C@@H]2CC[C@H]([C@H](O[Si](C)(C)C(C)(C)C)c3cccnc3)N2C(=O)O)cc1)c1ccccn1. The number of likely N-dealkylation sites (tertiary alicyclic amines) is 1. The van der Waals surface area contributed by atoms with Crippen molar-refractivity contribution in [2.24, 2.45) is 0 Å². The molecule has 1 aromatic carbocycles. The van der Waals surface area contributed by atoms with Gasteiger partial charge in [0.05, 0.1) is 23.8 Å². The van der Waals surface area contributed by atoms with Crippen molar-refractivity contribution in [1.82, 2.24) is 14.9 Å². The first-order valence-electron chi connectivity index (χ1n) is 14.3. The summed E-state index contributed by atoms with van der Waals surface area (Å²) in [4.78, 5) is 35.6. The summed E-state index contributed by atoms with van der Waals surface area (Å²) < 4.78 is 6.90. The van der Waals surface area contributed by atoms with Gasteiger partial charge in [-0.1, -0.05) is 45.0 Å². The Morgan fingerprint density at radius 1 is 1.07 bits per heavy atom. The summed E-state index contributed by atoms with van der Waals surface area (Å²) in [5, 5.41) is 13.3. The molecule has 2 amide bonds. The van der Waals surface area contributed by atoms with E-state index < -0.39 is 14.4 Å². The Bertz CT molecular complexity index is 1310. The van der Waals surface area contributed by atoms with E-state index in [0.29, 0.717) is 24.2 Å². The second-order valence-electron chi connectivity index (χ2n) is 12.4. The quantitative estimate of drug-likeness (QED) is 0.266. The van der Waals surface area contributed by atoms with Crippen molar-refractivity contribution in [3.05, 3.63) is 90.0 Å². The number of aromatic nitrogens is 2. The summed E-state index contributed by atoms with van der Waals surface area (Å²) in [6, 6.07) is 16.6. The third-order valence-corrected chi connectivity index (χ3v) is 13.0. The summed E-state index contributed by atoms with van der Waals surface area (Å²) in [5.74, 6) is -0.507. The van der Waals surface area contributed by atoms with Gasteiger partial charge in [0.2, 0.25) is 5.91 Å². The van der Waals surface area contributed by atoms with Crippen LogP contribution in [-0.4, -0.2) is 52.4 Å². The van der Waals surface area contributed by atoms with E-state index in [-0.39, 0.29) is 35.1 Å². The highest BCUT2D eigenvalue weighted by molar-refractivity contribution is 6.74. The highest BCUT2D eigenvalue weighted by atomic mass is 28.4. The van der Waals surface area contributed by atoms with Gasteiger partial charge in [-0.15, -0.1) is 0 Å². The molecule has 8 nitrogen and oxygen atoms in total. The summed E-state index contributed by atoms with van der Waals surface area (Å²) in [5.41, 5.74) is 3.34. The van der Waals surface area contributed by atoms with Crippen LogP contribution in [-0.2, 0) is 15.6 Å². The van der Waals surface area contributed by atoms with E-state index >= 15 is 0 Å². The molecular formula is C32H42N4O4Si. The van der Waals surface area contributed by atoms with E-state index in [1.54, 1.807) is 23.5 Å². The molecule has 1 fully saturated rings. The average Bonchev–Trinajstić information content (AvgIpc) is 3.36. The van der Waals surface area contributed by atoms with Crippen molar-refractivity contribution in [2.75, 3.05) is 5.32 Å². The minimum Gasteiger partial charge on any atom is -0.465 e. The molecule has 1 aliphatic heterocycles. The fourth-order valence-corrected chi connectivity index (χ4v) is 6.41. The van der Waals surface area contributed by atoms with Crippen LogP contribution in [0.1, 0.15) is 69.4 Å². The standard InChI is InChI=1S/C32H42N4O4Si/c1-22(27-11-7-8-19-34-27)30(37)35-25-14-12-23(13-15-25)20-26-16-17-28(36(26)31(38)39)29(24-10-9-18-33-21-24)40-41(5,6)32(2,3)4/h7-15,18-19,21-22,26,28-29H,16-17,20H2,1-6H3,(H,35,37)(H,38,39)/t22-,26-,28+,29+/m0/s1. The number of carbonyl (C=O) groups excluding carboxylic acids is 1. The molecule has 218 valence electrons. The van der Waals surface area contributed by atoms with Gasteiger partial charge in [-0.25, -0.2) is 4.79 Å². The van der Waals surface area contributed by atoms with Gasteiger partial charge in [0, 0.05) is 30.3 Å². The Labute approximate surface area is 244 Å². The summed E-state index contributed by atoms with van der Waals surface area (Å²) >= 11 is 0. The van der Waals surface area contributed by atoms with Crippen LogP contribution in [0, 0.1) is 0 Å². The van der Waals surface area contributed by atoms with Gasteiger partial charge in [-0.2, -0.15) is 0 Å². The van der Waals surface area contributed by atoms with Gasteiger partial charge in [-0.05, 0) is 85.8 Å². The van der Waals surface area contributed by atoms with E-state index in [0.717, 1.165) is 17.5 Å². The van der Waals surface area contributed by atoms with Crippen LogP contribution in [0.2, 0.25) is 18.1 Å². The lowest BCUT2D eigenvalue weighted by atomic mass is 10.0. The topological polar surface area (TPSA) is 105 Å². The first kappa shape index (κ1) is 30.4. The number of amides is 2. The Kier molecular flexibility index (Phi) is 9.29. The molecule has 1 aliphatic rings. The summed E-state index contributed by atoms with van der Waals surface area (Å²) in [7, 11) is -2.21. The second kappa shape index (κ2) is 12.5. The van der Waals surface area contributed by atoms with Gasteiger partial charge >= 0.3 is 6.09 Å². The number of nitrogens with one attached hydrogen (secondary N) is 1. The zero-order valence-electron chi connectivity index (χ0n) is 24.9. The molecule has 4 rings (SSSR count). The Balaban J connectivity index is 1.49. The van der Waals surface area contributed by atoms with Crippen LogP contribution in [0.25, 0.3) is 0 Å². The van der Waals surface area contributed by atoms with E-state index in [1.165, 1.54) is 0 Å². The molecule has 3 aromatic rings. The highest BCUT2D eigenvalue weighted by Crippen LogP contribution is 2.44.